The molecule has 11 heteroatoms. The van der Waals surface area contributed by atoms with Crippen LogP contribution in [-0.4, -0.2) is 79.3 Å². The molecular formula is C37H38ClN7O3. The van der Waals surface area contributed by atoms with Crippen molar-refractivity contribution >= 4 is 45.6 Å². The second-order valence-electron chi connectivity index (χ2n) is 12.7. The Labute approximate surface area is 284 Å². The third-order valence-corrected chi connectivity index (χ3v) is 9.55. The van der Waals surface area contributed by atoms with E-state index in [4.69, 9.17) is 16.6 Å². The van der Waals surface area contributed by atoms with Gasteiger partial charge in [0.2, 0.25) is 0 Å². The Morgan fingerprint density at radius 3 is 2.23 bits per heavy atom. The summed E-state index contributed by atoms with van der Waals surface area (Å²) >= 11 is 6.93. The minimum absolute atomic E-state index is 0.253. The zero-order valence-corrected chi connectivity index (χ0v) is 27.5. The summed E-state index contributed by atoms with van der Waals surface area (Å²) in [5, 5.41) is 27.5. The quantitative estimate of drug-likeness (QED) is 0.155. The van der Waals surface area contributed by atoms with Crippen molar-refractivity contribution in [1.29, 1.82) is 0 Å². The first-order valence-electron chi connectivity index (χ1n) is 16.3. The number of halogens is 1. The van der Waals surface area contributed by atoms with Crippen LogP contribution in [0.25, 0.3) is 22.0 Å². The molecule has 2 fully saturated rings. The van der Waals surface area contributed by atoms with Gasteiger partial charge in [0.05, 0.1) is 22.9 Å². The lowest BCUT2D eigenvalue weighted by molar-refractivity contribution is 0.102. The number of hydrogen-bond acceptors (Lipinski definition) is 9. The van der Waals surface area contributed by atoms with Crippen LogP contribution in [-0.2, 0) is 13.1 Å². The highest BCUT2D eigenvalue weighted by atomic mass is 35.5. The lowest BCUT2D eigenvalue weighted by Crippen LogP contribution is -2.21. The van der Waals surface area contributed by atoms with E-state index in [0.717, 1.165) is 76.9 Å². The summed E-state index contributed by atoms with van der Waals surface area (Å²) in [5.41, 5.74) is 7.17. The molecule has 1 amide bonds. The number of pyridine rings is 3. The van der Waals surface area contributed by atoms with E-state index < -0.39 is 0 Å². The van der Waals surface area contributed by atoms with E-state index in [0.29, 0.717) is 41.9 Å². The topological polar surface area (TPSA) is 127 Å². The van der Waals surface area contributed by atoms with E-state index in [9.17, 15) is 15.0 Å². The molecule has 4 N–H and O–H groups in total. The van der Waals surface area contributed by atoms with Crippen LogP contribution in [0.4, 0.5) is 17.2 Å². The normalized spacial score (nSPS) is 18.4. The van der Waals surface area contributed by atoms with Crippen LogP contribution in [0.3, 0.4) is 0 Å². The van der Waals surface area contributed by atoms with Crippen molar-refractivity contribution in [1.82, 2.24) is 24.8 Å². The molecular weight excluding hydrogens is 626 g/mol. The van der Waals surface area contributed by atoms with E-state index in [1.165, 1.54) is 0 Å². The van der Waals surface area contributed by atoms with Gasteiger partial charge in [-0.3, -0.25) is 24.6 Å². The highest BCUT2D eigenvalue weighted by molar-refractivity contribution is 6.36. The van der Waals surface area contributed by atoms with E-state index in [1.54, 1.807) is 24.5 Å². The molecule has 10 nitrogen and oxygen atoms in total. The number of aromatic nitrogens is 3. The molecule has 2 atom stereocenters. The Balaban J connectivity index is 1.07. The molecule has 2 aliphatic rings. The van der Waals surface area contributed by atoms with Crippen LogP contribution in [0.5, 0.6) is 0 Å². The molecule has 0 unspecified atom stereocenters. The highest BCUT2D eigenvalue weighted by Crippen LogP contribution is 2.38. The van der Waals surface area contributed by atoms with Crippen molar-refractivity contribution in [2.45, 2.75) is 45.1 Å². The van der Waals surface area contributed by atoms with E-state index >= 15 is 0 Å². The van der Waals surface area contributed by atoms with Gasteiger partial charge in [0.15, 0.2) is 5.82 Å². The van der Waals surface area contributed by atoms with E-state index in [2.05, 4.69) is 36.5 Å². The number of rotatable bonds is 9. The second kappa shape index (κ2) is 14.0. The van der Waals surface area contributed by atoms with Crippen LogP contribution in [0.15, 0.2) is 79.3 Å². The molecule has 5 heterocycles. The van der Waals surface area contributed by atoms with E-state index in [1.807, 2.05) is 55.6 Å². The number of aliphatic hydroxyl groups excluding tert-OH is 2. The number of likely N-dealkylation sites (tertiary alicyclic amines) is 2. The second-order valence-corrected chi connectivity index (χ2v) is 13.1. The van der Waals surface area contributed by atoms with Gasteiger partial charge in [-0.25, -0.2) is 4.98 Å². The number of amides is 1. The summed E-state index contributed by atoms with van der Waals surface area (Å²) in [7, 11) is 0. The molecule has 0 aliphatic carbocycles. The highest BCUT2D eigenvalue weighted by Gasteiger charge is 2.22. The first-order valence-corrected chi connectivity index (χ1v) is 16.6. The molecule has 0 spiro atoms. The van der Waals surface area contributed by atoms with Gasteiger partial charge in [-0.2, -0.15) is 0 Å². The molecule has 0 bridgehead atoms. The molecule has 2 saturated heterocycles. The predicted molar refractivity (Wildman–Crippen MR) is 188 cm³/mol. The maximum atomic E-state index is 13.2. The van der Waals surface area contributed by atoms with Crippen molar-refractivity contribution < 1.29 is 15.0 Å². The summed E-state index contributed by atoms with van der Waals surface area (Å²) in [6.07, 6.45) is 6.42. The molecule has 246 valence electrons. The number of anilines is 3. The monoisotopic (exact) mass is 663 g/mol. The molecule has 5 aromatic rings. The van der Waals surface area contributed by atoms with E-state index in [-0.39, 0.29) is 18.1 Å². The third kappa shape index (κ3) is 7.03. The average molecular weight is 664 g/mol. The summed E-state index contributed by atoms with van der Waals surface area (Å²) in [6, 6.07) is 19.2. The van der Waals surface area contributed by atoms with Gasteiger partial charge in [0, 0.05) is 74.5 Å². The van der Waals surface area contributed by atoms with Crippen LogP contribution < -0.4 is 10.6 Å². The number of aliphatic hydroxyl groups is 2. The van der Waals surface area contributed by atoms with Crippen molar-refractivity contribution in [2.24, 2.45) is 0 Å². The summed E-state index contributed by atoms with van der Waals surface area (Å²) < 4.78 is 0. The standard InChI is InChI=1S/C37H38ClN7O3/c1-23-29(4-2-6-31(23)42-36-35-26(10-13-39-36)16-25(18-41-35)20-45-15-12-28(47)22-45)30-5-3-7-32(34(30)38)43-37(48)33-9-8-24(17-40-33)19-44-14-11-27(46)21-44/h2-10,13,16-18,27-28,46-47H,11-12,14-15,19-22H2,1H3,(H,39,42)(H,43,48)/t27-,28-/m1/s1. The van der Waals surface area contributed by atoms with Crippen molar-refractivity contribution in [3.05, 3.63) is 107 Å². The fraction of sp³-hybridized carbons (Fsp3) is 0.297. The Bertz CT molecular complexity index is 1950. The van der Waals surface area contributed by atoms with Gasteiger partial charge in [-0.15, -0.1) is 0 Å². The fourth-order valence-corrected chi connectivity index (χ4v) is 6.85. The van der Waals surface area contributed by atoms with Crippen LogP contribution in [0.2, 0.25) is 5.02 Å². The van der Waals surface area contributed by atoms with Crippen LogP contribution in [0.1, 0.15) is 40.0 Å². The lowest BCUT2D eigenvalue weighted by Gasteiger charge is -2.17. The molecule has 0 radical (unpaired) electrons. The first-order chi connectivity index (χ1) is 23.3. The minimum atomic E-state index is -0.347. The number of carbonyl (C=O) groups excluding carboxylic acids is 1. The van der Waals surface area contributed by atoms with Gasteiger partial charge < -0.3 is 20.8 Å². The SMILES string of the molecule is Cc1c(Nc2nccc3cc(CN4CC[C@@H](O)C4)cnc23)cccc1-c1cccc(NC(=O)c2ccc(CN3CC[C@@H](O)C3)cn2)c1Cl. The Kier molecular flexibility index (Phi) is 9.34. The largest absolute Gasteiger partial charge is 0.392 e. The summed E-state index contributed by atoms with van der Waals surface area (Å²) in [4.78, 5) is 31.3. The van der Waals surface area contributed by atoms with Gasteiger partial charge in [0.25, 0.3) is 5.91 Å². The van der Waals surface area contributed by atoms with Gasteiger partial charge in [-0.1, -0.05) is 41.9 Å². The Hall–Kier alpha value is -4.45. The van der Waals surface area contributed by atoms with Gasteiger partial charge in [-0.05, 0) is 72.4 Å². The zero-order valence-electron chi connectivity index (χ0n) is 26.7. The molecule has 2 aromatic carbocycles. The molecule has 48 heavy (non-hydrogen) atoms. The number of nitrogens with one attached hydrogen (secondary N) is 2. The number of benzene rings is 2. The molecule has 2 aliphatic heterocycles. The van der Waals surface area contributed by atoms with Crippen molar-refractivity contribution in [3.8, 4) is 11.1 Å². The molecule has 7 rings (SSSR count). The van der Waals surface area contributed by atoms with Crippen molar-refractivity contribution in [3.63, 3.8) is 0 Å². The number of fused-ring (bicyclic) bond motifs is 1. The maximum Gasteiger partial charge on any atom is 0.274 e. The fourth-order valence-electron chi connectivity index (χ4n) is 6.58. The van der Waals surface area contributed by atoms with Crippen LogP contribution in [0, 0.1) is 6.92 Å². The summed E-state index contributed by atoms with van der Waals surface area (Å²) in [5.74, 6) is 0.305. The minimum Gasteiger partial charge on any atom is -0.392 e. The zero-order chi connectivity index (χ0) is 33.2. The molecule has 3 aromatic heterocycles. The Morgan fingerprint density at radius 2 is 1.54 bits per heavy atom. The maximum absolute atomic E-state index is 13.2. The van der Waals surface area contributed by atoms with Gasteiger partial charge >= 0.3 is 0 Å². The predicted octanol–water partition coefficient (Wildman–Crippen LogP) is 5.78. The average Bonchev–Trinajstić information content (AvgIpc) is 3.69. The number of carbonyl (C=O) groups is 1. The molecule has 0 saturated carbocycles. The van der Waals surface area contributed by atoms with Crippen molar-refractivity contribution in [2.75, 3.05) is 36.8 Å². The lowest BCUT2D eigenvalue weighted by atomic mass is 9.98. The smallest absolute Gasteiger partial charge is 0.274 e. The Morgan fingerprint density at radius 1 is 0.854 bits per heavy atom. The van der Waals surface area contributed by atoms with Gasteiger partial charge in [0.1, 0.15) is 11.2 Å². The number of nitrogens with zero attached hydrogens (tertiary/aromatic N) is 5. The number of β-amino-alcohol motifs (C(OH)–C–C–N with tert-alkyl or cyclic N) is 2. The summed E-state index contributed by atoms with van der Waals surface area (Å²) in [6.45, 7) is 6.53. The first kappa shape index (κ1) is 32.1. The number of hydrogen-bond donors (Lipinski definition) is 4. The third-order valence-electron chi connectivity index (χ3n) is 9.14. The van der Waals surface area contributed by atoms with Crippen LogP contribution >= 0.6 is 11.6 Å².